The maximum absolute atomic E-state index is 12.0. The molecule has 0 unspecified atom stereocenters. The lowest BCUT2D eigenvalue weighted by Gasteiger charge is -2.21. The Kier molecular flexibility index (Phi) is 3.45. The molecule has 6 nitrogen and oxygen atoms in total. The average Bonchev–Trinajstić information content (AvgIpc) is 2.77. The third-order valence-electron chi connectivity index (χ3n) is 2.92. The van der Waals surface area contributed by atoms with Crippen LogP contribution < -0.4 is 5.32 Å². The molecule has 1 fully saturated rings. The molecule has 0 radical (unpaired) electrons. The number of carboxylic acids is 1. The first-order chi connectivity index (χ1) is 8.58. The number of urea groups is 1. The van der Waals surface area contributed by atoms with Crippen LogP contribution in [0.4, 0.5) is 10.5 Å². The quantitative estimate of drug-likeness (QED) is 0.831. The van der Waals surface area contributed by atoms with Crippen molar-refractivity contribution in [3.05, 3.63) is 24.0 Å². The van der Waals surface area contributed by atoms with E-state index >= 15 is 0 Å². The van der Waals surface area contributed by atoms with Crippen LogP contribution >= 0.6 is 0 Å². The summed E-state index contributed by atoms with van der Waals surface area (Å²) in [6.45, 7) is 2.35. The van der Waals surface area contributed by atoms with Crippen LogP contribution in [0.3, 0.4) is 0 Å². The number of carbonyl (C=O) groups excluding carboxylic acids is 1. The SMILES string of the molecule is Cc1cncc(NC(=O)N2CCC[C@@H]2C(=O)O)c1. The minimum Gasteiger partial charge on any atom is -0.480 e. The van der Waals surface area contributed by atoms with Gasteiger partial charge in [-0.15, -0.1) is 0 Å². The molecule has 2 N–H and O–H groups in total. The first-order valence-corrected chi connectivity index (χ1v) is 5.80. The van der Waals surface area contributed by atoms with Gasteiger partial charge in [0.25, 0.3) is 0 Å². The second kappa shape index (κ2) is 5.03. The Balaban J connectivity index is 2.06. The van der Waals surface area contributed by atoms with E-state index in [9.17, 15) is 9.59 Å². The summed E-state index contributed by atoms with van der Waals surface area (Å²) in [6.07, 6.45) is 4.45. The van der Waals surface area contributed by atoms with Crippen molar-refractivity contribution in [3.8, 4) is 0 Å². The number of nitrogens with one attached hydrogen (secondary N) is 1. The summed E-state index contributed by atoms with van der Waals surface area (Å²) in [5, 5.41) is 11.7. The Hall–Kier alpha value is -2.11. The highest BCUT2D eigenvalue weighted by molar-refractivity contribution is 5.92. The topological polar surface area (TPSA) is 82.5 Å². The normalized spacial score (nSPS) is 18.7. The van der Waals surface area contributed by atoms with Gasteiger partial charge in [0.05, 0.1) is 11.9 Å². The van der Waals surface area contributed by atoms with Crippen molar-refractivity contribution in [1.82, 2.24) is 9.88 Å². The molecule has 96 valence electrons. The van der Waals surface area contributed by atoms with E-state index in [2.05, 4.69) is 10.3 Å². The van der Waals surface area contributed by atoms with Crippen molar-refractivity contribution < 1.29 is 14.7 Å². The standard InChI is InChI=1S/C12H15N3O3/c1-8-5-9(7-13-6-8)14-12(18)15-4-2-3-10(15)11(16)17/h5-7,10H,2-4H2,1H3,(H,14,18)(H,16,17)/t10-/m1/s1. The monoisotopic (exact) mass is 249 g/mol. The molecule has 0 spiro atoms. The minimum absolute atomic E-state index is 0.382. The van der Waals surface area contributed by atoms with Gasteiger partial charge >= 0.3 is 12.0 Å². The average molecular weight is 249 g/mol. The lowest BCUT2D eigenvalue weighted by Crippen LogP contribution is -2.42. The molecule has 1 aromatic rings. The first kappa shape index (κ1) is 12.3. The van der Waals surface area contributed by atoms with Crippen LogP contribution in [0, 0.1) is 6.92 Å². The Labute approximate surface area is 105 Å². The van der Waals surface area contributed by atoms with Crippen LogP contribution in [0.1, 0.15) is 18.4 Å². The van der Waals surface area contributed by atoms with Crippen molar-refractivity contribution >= 4 is 17.7 Å². The second-order valence-electron chi connectivity index (χ2n) is 4.37. The molecule has 2 amide bonds. The number of aromatic nitrogens is 1. The number of carbonyl (C=O) groups is 2. The van der Waals surface area contributed by atoms with Crippen LogP contribution in [0.15, 0.2) is 18.5 Å². The number of aryl methyl sites for hydroxylation is 1. The molecule has 2 rings (SSSR count). The Bertz CT molecular complexity index is 475. The summed E-state index contributed by atoms with van der Waals surface area (Å²) in [5.41, 5.74) is 1.51. The minimum atomic E-state index is -0.954. The number of carboxylic acid groups (broad SMARTS) is 1. The smallest absolute Gasteiger partial charge is 0.326 e. The number of rotatable bonds is 2. The predicted octanol–water partition coefficient (Wildman–Crippen LogP) is 1.47. The number of nitrogens with zero attached hydrogens (tertiary/aromatic N) is 2. The summed E-state index contributed by atoms with van der Waals surface area (Å²) >= 11 is 0. The van der Waals surface area contributed by atoms with E-state index < -0.39 is 12.0 Å². The summed E-state index contributed by atoms with van der Waals surface area (Å²) in [7, 11) is 0. The Morgan fingerprint density at radius 2 is 2.28 bits per heavy atom. The maximum atomic E-state index is 12.0. The number of pyridine rings is 1. The largest absolute Gasteiger partial charge is 0.480 e. The van der Waals surface area contributed by atoms with E-state index in [0.29, 0.717) is 18.7 Å². The van der Waals surface area contributed by atoms with Gasteiger partial charge in [0.2, 0.25) is 0 Å². The van der Waals surface area contributed by atoms with Crippen molar-refractivity contribution in [2.45, 2.75) is 25.8 Å². The number of amides is 2. The van der Waals surface area contributed by atoms with Crippen LogP contribution in [-0.4, -0.2) is 39.6 Å². The van der Waals surface area contributed by atoms with E-state index in [0.717, 1.165) is 12.0 Å². The molecule has 0 saturated carbocycles. The van der Waals surface area contributed by atoms with Crippen LogP contribution in [0.2, 0.25) is 0 Å². The fraction of sp³-hybridized carbons (Fsp3) is 0.417. The van der Waals surface area contributed by atoms with Gasteiger partial charge in [0.15, 0.2) is 0 Å². The molecule has 1 saturated heterocycles. The van der Waals surface area contributed by atoms with Gasteiger partial charge in [0, 0.05) is 12.7 Å². The number of anilines is 1. The van der Waals surface area contributed by atoms with E-state index in [-0.39, 0.29) is 6.03 Å². The zero-order valence-corrected chi connectivity index (χ0v) is 10.1. The maximum Gasteiger partial charge on any atom is 0.326 e. The molecule has 18 heavy (non-hydrogen) atoms. The Morgan fingerprint density at radius 1 is 1.50 bits per heavy atom. The van der Waals surface area contributed by atoms with Gasteiger partial charge in [-0.1, -0.05) is 0 Å². The van der Waals surface area contributed by atoms with Gasteiger partial charge in [-0.3, -0.25) is 4.98 Å². The first-order valence-electron chi connectivity index (χ1n) is 5.80. The molecular weight excluding hydrogens is 234 g/mol. The van der Waals surface area contributed by atoms with Gasteiger partial charge < -0.3 is 15.3 Å². The van der Waals surface area contributed by atoms with Crippen molar-refractivity contribution in [1.29, 1.82) is 0 Å². The predicted molar refractivity (Wildman–Crippen MR) is 65.4 cm³/mol. The van der Waals surface area contributed by atoms with Crippen molar-refractivity contribution in [2.75, 3.05) is 11.9 Å². The number of hydrogen-bond acceptors (Lipinski definition) is 3. The zero-order valence-electron chi connectivity index (χ0n) is 10.1. The molecule has 1 atom stereocenters. The van der Waals surface area contributed by atoms with Crippen molar-refractivity contribution in [3.63, 3.8) is 0 Å². The summed E-state index contributed by atoms with van der Waals surface area (Å²) in [6, 6.07) is 0.687. The lowest BCUT2D eigenvalue weighted by atomic mass is 10.2. The highest BCUT2D eigenvalue weighted by Crippen LogP contribution is 2.19. The number of aliphatic carboxylic acids is 1. The van der Waals surface area contributed by atoms with Crippen LogP contribution in [-0.2, 0) is 4.79 Å². The summed E-state index contributed by atoms with van der Waals surface area (Å²) in [4.78, 5) is 28.3. The fourth-order valence-corrected chi connectivity index (χ4v) is 2.09. The Morgan fingerprint density at radius 3 is 2.94 bits per heavy atom. The van der Waals surface area contributed by atoms with E-state index in [4.69, 9.17) is 5.11 Å². The van der Waals surface area contributed by atoms with E-state index in [1.165, 1.54) is 11.1 Å². The van der Waals surface area contributed by atoms with Gasteiger partial charge in [-0.2, -0.15) is 0 Å². The summed E-state index contributed by atoms with van der Waals surface area (Å²) < 4.78 is 0. The molecule has 0 bridgehead atoms. The second-order valence-corrected chi connectivity index (χ2v) is 4.37. The third kappa shape index (κ3) is 2.58. The molecule has 1 aliphatic heterocycles. The summed E-state index contributed by atoms with van der Waals surface area (Å²) in [5.74, 6) is -0.954. The van der Waals surface area contributed by atoms with Gasteiger partial charge in [-0.05, 0) is 31.4 Å². The highest BCUT2D eigenvalue weighted by atomic mass is 16.4. The molecule has 0 aromatic carbocycles. The van der Waals surface area contributed by atoms with E-state index in [1.54, 1.807) is 12.3 Å². The number of likely N-dealkylation sites (tertiary alicyclic amines) is 1. The lowest BCUT2D eigenvalue weighted by molar-refractivity contribution is -0.141. The molecule has 0 aliphatic carbocycles. The zero-order chi connectivity index (χ0) is 13.1. The van der Waals surface area contributed by atoms with Gasteiger partial charge in [0.1, 0.15) is 6.04 Å². The van der Waals surface area contributed by atoms with E-state index in [1.807, 2.05) is 6.92 Å². The van der Waals surface area contributed by atoms with Crippen molar-refractivity contribution in [2.24, 2.45) is 0 Å². The molecular formula is C12H15N3O3. The van der Waals surface area contributed by atoms with Crippen LogP contribution in [0.25, 0.3) is 0 Å². The highest BCUT2D eigenvalue weighted by Gasteiger charge is 2.33. The molecule has 1 aromatic heterocycles. The van der Waals surface area contributed by atoms with Crippen LogP contribution in [0.5, 0.6) is 0 Å². The van der Waals surface area contributed by atoms with Gasteiger partial charge in [-0.25, -0.2) is 9.59 Å². The fourth-order valence-electron chi connectivity index (χ4n) is 2.09. The molecule has 6 heteroatoms. The molecule has 2 heterocycles. The third-order valence-corrected chi connectivity index (χ3v) is 2.92. The number of hydrogen-bond donors (Lipinski definition) is 2. The molecule has 1 aliphatic rings.